The number of pyridine rings is 2. The van der Waals surface area contributed by atoms with E-state index in [1.165, 1.54) is 0 Å². The van der Waals surface area contributed by atoms with Crippen LogP contribution in [0.3, 0.4) is 0 Å². The SMILES string of the molecule is [CH2]c1ccc(-c2nc3ccnc(-c4nc(C)n[nH]4)c3cc2-c2ccccc2)cc1. The lowest BCUT2D eigenvalue weighted by Gasteiger charge is -2.13. The van der Waals surface area contributed by atoms with Gasteiger partial charge in [-0.1, -0.05) is 54.6 Å². The number of H-pyrrole nitrogens is 1. The van der Waals surface area contributed by atoms with E-state index in [2.05, 4.69) is 57.4 Å². The van der Waals surface area contributed by atoms with Crippen LogP contribution < -0.4 is 0 Å². The average molecular weight is 376 g/mol. The number of hydrogen-bond acceptors (Lipinski definition) is 4. The summed E-state index contributed by atoms with van der Waals surface area (Å²) in [6.07, 6.45) is 1.76. The van der Waals surface area contributed by atoms with Gasteiger partial charge in [0.15, 0.2) is 5.82 Å². The third kappa shape index (κ3) is 3.17. The van der Waals surface area contributed by atoms with Crippen LogP contribution in [0.2, 0.25) is 0 Å². The van der Waals surface area contributed by atoms with Crippen molar-refractivity contribution in [1.82, 2.24) is 25.1 Å². The second-order valence-corrected chi connectivity index (χ2v) is 6.90. The largest absolute Gasteiger partial charge is 0.258 e. The lowest BCUT2D eigenvalue weighted by atomic mass is 9.96. The van der Waals surface area contributed by atoms with Crippen molar-refractivity contribution in [3.05, 3.63) is 91.2 Å². The van der Waals surface area contributed by atoms with Crippen LogP contribution in [0.15, 0.2) is 72.9 Å². The lowest BCUT2D eigenvalue weighted by Crippen LogP contribution is -1.95. The lowest BCUT2D eigenvalue weighted by molar-refractivity contribution is 1.04. The summed E-state index contributed by atoms with van der Waals surface area (Å²) in [6.45, 7) is 5.84. The Kier molecular flexibility index (Phi) is 4.13. The molecule has 2 aromatic carbocycles. The molecule has 139 valence electrons. The predicted octanol–water partition coefficient (Wildman–Crippen LogP) is 5.24. The summed E-state index contributed by atoms with van der Waals surface area (Å²) in [5, 5.41) is 8.05. The van der Waals surface area contributed by atoms with Crippen LogP contribution in [0.5, 0.6) is 0 Å². The number of nitrogens with one attached hydrogen (secondary N) is 1. The van der Waals surface area contributed by atoms with Crippen molar-refractivity contribution < 1.29 is 0 Å². The molecule has 0 aliphatic rings. The van der Waals surface area contributed by atoms with Gasteiger partial charge in [0.05, 0.1) is 11.2 Å². The summed E-state index contributed by atoms with van der Waals surface area (Å²) in [6, 6.07) is 22.5. The van der Waals surface area contributed by atoms with Crippen molar-refractivity contribution >= 4 is 10.9 Å². The number of aromatic nitrogens is 5. The van der Waals surface area contributed by atoms with Crippen LogP contribution in [0.1, 0.15) is 11.4 Å². The fourth-order valence-electron chi connectivity index (χ4n) is 3.46. The van der Waals surface area contributed by atoms with Gasteiger partial charge < -0.3 is 0 Å². The number of fused-ring (bicyclic) bond motifs is 1. The van der Waals surface area contributed by atoms with Gasteiger partial charge in [-0.25, -0.2) is 9.97 Å². The fourth-order valence-corrected chi connectivity index (χ4v) is 3.46. The van der Waals surface area contributed by atoms with Gasteiger partial charge in [0.2, 0.25) is 0 Å². The van der Waals surface area contributed by atoms with Gasteiger partial charge >= 0.3 is 0 Å². The molecule has 0 saturated heterocycles. The molecule has 0 fully saturated rings. The van der Waals surface area contributed by atoms with Gasteiger partial charge in [-0.3, -0.25) is 10.1 Å². The average Bonchev–Trinajstić information content (AvgIpc) is 3.19. The van der Waals surface area contributed by atoms with E-state index in [0.717, 1.165) is 44.5 Å². The van der Waals surface area contributed by atoms with E-state index in [4.69, 9.17) is 4.98 Å². The normalized spacial score (nSPS) is 11.1. The molecule has 0 aliphatic carbocycles. The zero-order valence-corrected chi connectivity index (χ0v) is 15.9. The molecule has 0 saturated carbocycles. The van der Waals surface area contributed by atoms with E-state index >= 15 is 0 Å². The smallest absolute Gasteiger partial charge is 0.175 e. The van der Waals surface area contributed by atoms with Gasteiger partial charge in [0, 0.05) is 22.7 Å². The minimum atomic E-state index is 0.642. The second-order valence-electron chi connectivity index (χ2n) is 6.90. The first-order valence-corrected chi connectivity index (χ1v) is 9.36. The van der Waals surface area contributed by atoms with Gasteiger partial charge in [-0.05, 0) is 37.1 Å². The summed E-state index contributed by atoms with van der Waals surface area (Å²) in [5.74, 6) is 1.32. The zero-order chi connectivity index (χ0) is 19.8. The molecule has 0 spiro atoms. The molecule has 1 radical (unpaired) electrons. The monoisotopic (exact) mass is 376 g/mol. The fraction of sp³-hybridized carbons (Fsp3) is 0.0417. The molecule has 0 aliphatic heterocycles. The summed E-state index contributed by atoms with van der Waals surface area (Å²) in [5.41, 5.74) is 6.69. The first-order chi connectivity index (χ1) is 14.2. The minimum absolute atomic E-state index is 0.642. The van der Waals surface area contributed by atoms with Crippen molar-refractivity contribution in [3.8, 4) is 33.9 Å². The third-order valence-corrected chi connectivity index (χ3v) is 4.88. The van der Waals surface area contributed by atoms with Crippen LogP contribution >= 0.6 is 0 Å². The van der Waals surface area contributed by atoms with Gasteiger partial charge in [0.25, 0.3) is 0 Å². The van der Waals surface area contributed by atoms with E-state index in [9.17, 15) is 0 Å². The van der Waals surface area contributed by atoms with Crippen molar-refractivity contribution in [2.24, 2.45) is 0 Å². The van der Waals surface area contributed by atoms with E-state index < -0.39 is 0 Å². The standard InChI is InChI=1S/C24H18N5/c1-15-8-10-18(11-9-15)22-19(17-6-4-3-5-7-17)14-20-21(27-22)12-13-25-23(20)24-26-16(2)28-29-24/h3-14H,1H2,2H3,(H,26,28,29). The molecule has 1 N–H and O–H groups in total. The number of aryl methyl sites for hydroxylation is 1. The van der Waals surface area contributed by atoms with Gasteiger partial charge in [-0.2, -0.15) is 5.10 Å². The summed E-state index contributed by atoms with van der Waals surface area (Å²) < 4.78 is 0. The number of aromatic amines is 1. The summed E-state index contributed by atoms with van der Waals surface area (Å²) >= 11 is 0. The maximum Gasteiger partial charge on any atom is 0.175 e. The topological polar surface area (TPSA) is 67.3 Å². The predicted molar refractivity (Wildman–Crippen MR) is 115 cm³/mol. The van der Waals surface area contributed by atoms with Gasteiger partial charge in [-0.15, -0.1) is 0 Å². The van der Waals surface area contributed by atoms with Crippen LogP contribution in [0.4, 0.5) is 0 Å². The number of rotatable bonds is 3. The Bertz CT molecular complexity index is 1300. The Hall–Kier alpha value is -3.86. The minimum Gasteiger partial charge on any atom is -0.258 e. The second kappa shape index (κ2) is 6.95. The molecule has 0 unspecified atom stereocenters. The summed E-state index contributed by atoms with van der Waals surface area (Å²) in [4.78, 5) is 14.0. The van der Waals surface area contributed by atoms with E-state index in [1.54, 1.807) is 6.20 Å². The molecule has 5 aromatic rings. The maximum atomic E-state index is 5.02. The number of nitrogens with zero attached hydrogens (tertiary/aromatic N) is 4. The Morgan fingerprint density at radius 3 is 2.34 bits per heavy atom. The number of benzene rings is 2. The molecular weight excluding hydrogens is 358 g/mol. The molecule has 0 atom stereocenters. The third-order valence-electron chi connectivity index (χ3n) is 4.88. The molecular formula is C24H18N5. The van der Waals surface area contributed by atoms with Crippen molar-refractivity contribution in [3.63, 3.8) is 0 Å². The first-order valence-electron chi connectivity index (χ1n) is 9.36. The van der Waals surface area contributed by atoms with Crippen molar-refractivity contribution in [2.75, 3.05) is 0 Å². The molecule has 3 aromatic heterocycles. The molecule has 3 heterocycles. The molecule has 5 heteroatoms. The summed E-state index contributed by atoms with van der Waals surface area (Å²) in [7, 11) is 0. The molecule has 0 amide bonds. The Morgan fingerprint density at radius 2 is 1.62 bits per heavy atom. The molecule has 0 bridgehead atoms. The highest BCUT2D eigenvalue weighted by atomic mass is 15.2. The van der Waals surface area contributed by atoms with Crippen molar-refractivity contribution in [1.29, 1.82) is 0 Å². The zero-order valence-electron chi connectivity index (χ0n) is 15.9. The van der Waals surface area contributed by atoms with Crippen molar-refractivity contribution in [2.45, 2.75) is 6.92 Å². The maximum absolute atomic E-state index is 5.02. The van der Waals surface area contributed by atoms with E-state index in [0.29, 0.717) is 11.6 Å². The quantitative estimate of drug-likeness (QED) is 0.468. The highest BCUT2D eigenvalue weighted by Gasteiger charge is 2.16. The van der Waals surface area contributed by atoms with E-state index in [1.807, 2.05) is 43.3 Å². The van der Waals surface area contributed by atoms with Crippen LogP contribution in [-0.2, 0) is 0 Å². The highest BCUT2D eigenvalue weighted by Crippen LogP contribution is 2.35. The van der Waals surface area contributed by atoms with Crippen LogP contribution in [0.25, 0.3) is 44.8 Å². The van der Waals surface area contributed by atoms with Gasteiger partial charge in [0.1, 0.15) is 11.5 Å². The molecule has 29 heavy (non-hydrogen) atoms. The number of hydrogen-bond donors (Lipinski definition) is 1. The Balaban J connectivity index is 1.81. The highest BCUT2D eigenvalue weighted by molar-refractivity contribution is 5.97. The first kappa shape index (κ1) is 17.3. The van der Waals surface area contributed by atoms with E-state index in [-0.39, 0.29) is 0 Å². The Labute approximate surface area is 168 Å². The molecule has 5 rings (SSSR count). The Morgan fingerprint density at radius 1 is 0.828 bits per heavy atom. The van der Waals surface area contributed by atoms with Crippen LogP contribution in [-0.4, -0.2) is 25.1 Å². The van der Waals surface area contributed by atoms with Crippen LogP contribution in [0, 0.1) is 13.8 Å². The molecule has 5 nitrogen and oxygen atoms in total.